The van der Waals surface area contributed by atoms with E-state index in [4.69, 9.17) is 11.6 Å². The zero-order valence-corrected chi connectivity index (χ0v) is 7.68. The second kappa shape index (κ2) is 2.78. The van der Waals surface area contributed by atoms with E-state index >= 15 is 0 Å². The Bertz CT molecular complexity index is 253. The van der Waals surface area contributed by atoms with Crippen LogP contribution in [0, 0.1) is 0 Å². The molecule has 0 aliphatic rings. The van der Waals surface area contributed by atoms with Crippen LogP contribution in [0.1, 0.15) is 26.5 Å². The third-order valence-corrected chi connectivity index (χ3v) is 1.64. The SMILES string of the molecule is CC(C)(C)c1nccnc1Cl. The van der Waals surface area contributed by atoms with E-state index in [0.29, 0.717) is 5.15 Å². The van der Waals surface area contributed by atoms with Gasteiger partial charge < -0.3 is 0 Å². The van der Waals surface area contributed by atoms with Crippen molar-refractivity contribution in [2.75, 3.05) is 0 Å². The van der Waals surface area contributed by atoms with Gasteiger partial charge in [0.1, 0.15) is 0 Å². The Hall–Kier alpha value is -0.630. The fraction of sp³-hybridized carbons (Fsp3) is 0.500. The standard InChI is InChI=1S/C8H11ClN2/c1-8(2,3)6-7(9)11-5-4-10-6/h4-5H,1-3H3. The molecule has 1 aromatic rings. The zero-order chi connectivity index (χ0) is 8.48. The van der Waals surface area contributed by atoms with Crippen LogP contribution >= 0.6 is 11.6 Å². The van der Waals surface area contributed by atoms with E-state index in [2.05, 4.69) is 30.7 Å². The average molecular weight is 171 g/mol. The molecule has 0 radical (unpaired) electrons. The number of rotatable bonds is 0. The van der Waals surface area contributed by atoms with Crippen molar-refractivity contribution in [2.45, 2.75) is 26.2 Å². The van der Waals surface area contributed by atoms with Crippen molar-refractivity contribution in [1.82, 2.24) is 9.97 Å². The van der Waals surface area contributed by atoms with Crippen LogP contribution in [0.2, 0.25) is 5.15 Å². The minimum atomic E-state index is -0.0225. The summed E-state index contributed by atoms with van der Waals surface area (Å²) in [5.41, 5.74) is 0.826. The molecule has 0 saturated heterocycles. The highest BCUT2D eigenvalue weighted by atomic mass is 35.5. The lowest BCUT2D eigenvalue weighted by molar-refractivity contribution is 0.566. The van der Waals surface area contributed by atoms with Gasteiger partial charge in [0.25, 0.3) is 0 Å². The molecule has 0 aliphatic heterocycles. The van der Waals surface area contributed by atoms with Crippen LogP contribution in [-0.2, 0) is 5.41 Å². The van der Waals surface area contributed by atoms with E-state index in [0.717, 1.165) is 5.69 Å². The van der Waals surface area contributed by atoms with Gasteiger partial charge in [0.2, 0.25) is 0 Å². The minimum Gasteiger partial charge on any atom is -0.256 e. The molecule has 60 valence electrons. The van der Waals surface area contributed by atoms with Gasteiger partial charge in [-0.2, -0.15) is 0 Å². The van der Waals surface area contributed by atoms with Crippen molar-refractivity contribution in [1.29, 1.82) is 0 Å². The van der Waals surface area contributed by atoms with Gasteiger partial charge >= 0.3 is 0 Å². The second-order valence-electron chi connectivity index (χ2n) is 3.45. The van der Waals surface area contributed by atoms with Gasteiger partial charge in [-0.1, -0.05) is 32.4 Å². The van der Waals surface area contributed by atoms with Crippen LogP contribution in [-0.4, -0.2) is 9.97 Å². The molecule has 1 heterocycles. The molecule has 11 heavy (non-hydrogen) atoms. The summed E-state index contributed by atoms with van der Waals surface area (Å²) in [5, 5.41) is 0.500. The third-order valence-electron chi connectivity index (χ3n) is 1.36. The van der Waals surface area contributed by atoms with E-state index in [1.54, 1.807) is 12.4 Å². The second-order valence-corrected chi connectivity index (χ2v) is 3.80. The van der Waals surface area contributed by atoms with E-state index in [1.165, 1.54) is 0 Å². The van der Waals surface area contributed by atoms with Crippen molar-refractivity contribution in [2.24, 2.45) is 0 Å². The molecule has 0 atom stereocenters. The molecule has 1 rings (SSSR count). The molecule has 2 nitrogen and oxygen atoms in total. The fourth-order valence-corrected chi connectivity index (χ4v) is 1.21. The summed E-state index contributed by atoms with van der Waals surface area (Å²) in [6.45, 7) is 6.18. The van der Waals surface area contributed by atoms with Gasteiger partial charge in [-0.05, 0) is 0 Å². The zero-order valence-electron chi connectivity index (χ0n) is 6.93. The number of hydrogen-bond acceptors (Lipinski definition) is 2. The Morgan fingerprint density at radius 3 is 2.09 bits per heavy atom. The average Bonchev–Trinajstić information content (AvgIpc) is 1.86. The summed E-state index contributed by atoms with van der Waals surface area (Å²) in [6.07, 6.45) is 3.25. The van der Waals surface area contributed by atoms with Crippen LogP contribution in [0.4, 0.5) is 0 Å². The Morgan fingerprint density at radius 1 is 1.18 bits per heavy atom. The predicted molar refractivity (Wildman–Crippen MR) is 45.7 cm³/mol. The van der Waals surface area contributed by atoms with E-state index < -0.39 is 0 Å². The summed E-state index contributed by atoms with van der Waals surface area (Å²) in [5.74, 6) is 0. The first-order chi connectivity index (χ1) is 5.02. The predicted octanol–water partition coefficient (Wildman–Crippen LogP) is 2.43. The lowest BCUT2D eigenvalue weighted by Crippen LogP contribution is -2.14. The molecule has 3 heteroatoms. The minimum absolute atomic E-state index is 0.0225. The normalized spacial score (nSPS) is 11.6. The van der Waals surface area contributed by atoms with Gasteiger partial charge in [-0.3, -0.25) is 4.98 Å². The highest BCUT2D eigenvalue weighted by molar-refractivity contribution is 6.30. The summed E-state index contributed by atoms with van der Waals surface area (Å²) in [7, 11) is 0. The maximum atomic E-state index is 5.84. The van der Waals surface area contributed by atoms with Crippen LogP contribution in [0.15, 0.2) is 12.4 Å². The summed E-state index contributed by atoms with van der Waals surface area (Å²) < 4.78 is 0. The number of hydrogen-bond donors (Lipinski definition) is 0. The quantitative estimate of drug-likeness (QED) is 0.598. The smallest absolute Gasteiger partial charge is 0.151 e. The van der Waals surface area contributed by atoms with Crippen LogP contribution in [0.5, 0.6) is 0 Å². The van der Waals surface area contributed by atoms with Crippen LogP contribution in [0.25, 0.3) is 0 Å². The molecule has 0 bridgehead atoms. The highest BCUT2D eigenvalue weighted by Gasteiger charge is 2.18. The lowest BCUT2D eigenvalue weighted by Gasteiger charge is -2.17. The topological polar surface area (TPSA) is 25.8 Å². The Balaban J connectivity index is 3.14. The van der Waals surface area contributed by atoms with Crippen molar-refractivity contribution in [3.63, 3.8) is 0 Å². The number of nitrogens with zero attached hydrogens (tertiary/aromatic N) is 2. The van der Waals surface area contributed by atoms with Crippen molar-refractivity contribution in [3.8, 4) is 0 Å². The van der Waals surface area contributed by atoms with Gasteiger partial charge in [0, 0.05) is 17.8 Å². The van der Waals surface area contributed by atoms with Crippen molar-refractivity contribution >= 4 is 11.6 Å². The Labute approximate surface area is 71.6 Å². The monoisotopic (exact) mass is 170 g/mol. The largest absolute Gasteiger partial charge is 0.256 e. The van der Waals surface area contributed by atoms with Gasteiger partial charge in [-0.15, -0.1) is 0 Å². The number of halogens is 1. The summed E-state index contributed by atoms with van der Waals surface area (Å²) in [4.78, 5) is 8.10. The molecule has 0 spiro atoms. The Kier molecular flexibility index (Phi) is 2.14. The van der Waals surface area contributed by atoms with Crippen LogP contribution in [0.3, 0.4) is 0 Å². The van der Waals surface area contributed by atoms with Gasteiger partial charge in [0.15, 0.2) is 5.15 Å². The first-order valence-electron chi connectivity index (χ1n) is 3.49. The van der Waals surface area contributed by atoms with Gasteiger partial charge in [0.05, 0.1) is 5.69 Å². The summed E-state index contributed by atoms with van der Waals surface area (Å²) >= 11 is 5.84. The van der Waals surface area contributed by atoms with E-state index in [1.807, 2.05) is 0 Å². The third kappa shape index (κ3) is 1.90. The van der Waals surface area contributed by atoms with E-state index in [9.17, 15) is 0 Å². The molecular formula is C8H11ClN2. The Morgan fingerprint density at radius 2 is 1.73 bits per heavy atom. The molecule has 0 amide bonds. The molecule has 0 fully saturated rings. The highest BCUT2D eigenvalue weighted by Crippen LogP contribution is 2.24. The maximum Gasteiger partial charge on any atom is 0.151 e. The van der Waals surface area contributed by atoms with E-state index in [-0.39, 0.29) is 5.41 Å². The first kappa shape index (κ1) is 8.47. The molecule has 0 aliphatic carbocycles. The molecule has 0 aromatic carbocycles. The molecule has 1 aromatic heterocycles. The van der Waals surface area contributed by atoms with Crippen LogP contribution < -0.4 is 0 Å². The first-order valence-corrected chi connectivity index (χ1v) is 3.86. The maximum absolute atomic E-state index is 5.84. The lowest BCUT2D eigenvalue weighted by atomic mass is 9.93. The van der Waals surface area contributed by atoms with Crippen molar-refractivity contribution in [3.05, 3.63) is 23.2 Å². The number of aromatic nitrogens is 2. The fourth-order valence-electron chi connectivity index (χ4n) is 0.824. The van der Waals surface area contributed by atoms with Gasteiger partial charge in [-0.25, -0.2) is 4.98 Å². The molecule has 0 N–H and O–H groups in total. The molecule has 0 saturated carbocycles. The van der Waals surface area contributed by atoms with Crippen molar-refractivity contribution < 1.29 is 0 Å². The molecule has 0 unspecified atom stereocenters. The molecular weight excluding hydrogens is 160 g/mol. The summed E-state index contributed by atoms with van der Waals surface area (Å²) in [6, 6.07) is 0.